The fourth-order valence-corrected chi connectivity index (χ4v) is 3.27. The molecule has 0 saturated heterocycles. The molecule has 0 bridgehead atoms. The highest BCUT2D eigenvalue weighted by atomic mass is 16.6. The van der Waals surface area contributed by atoms with Gasteiger partial charge in [-0.15, -0.1) is 0 Å². The van der Waals surface area contributed by atoms with Gasteiger partial charge in [0.2, 0.25) is 0 Å². The van der Waals surface area contributed by atoms with Crippen molar-refractivity contribution in [1.82, 2.24) is 15.3 Å². The maximum absolute atomic E-state index is 12.1. The van der Waals surface area contributed by atoms with Crippen molar-refractivity contribution in [2.24, 2.45) is 0 Å². The van der Waals surface area contributed by atoms with E-state index in [1.54, 1.807) is 64.4 Å². The molecule has 0 aliphatic rings. The molecule has 0 aliphatic carbocycles. The second-order valence-electron chi connectivity index (χ2n) is 8.71. The van der Waals surface area contributed by atoms with Crippen molar-refractivity contribution in [1.29, 1.82) is 0 Å². The van der Waals surface area contributed by atoms with Gasteiger partial charge in [0.15, 0.2) is 5.82 Å². The number of hydrogen-bond acceptors (Lipinski definition) is 7. The third-order valence-electron chi connectivity index (χ3n) is 4.82. The van der Waals surface area contributed by atoms with E-state index >= 15 is 0 Å². The van der Waals surface area contributed by atoms with E-state index in [0.717, 1.165) is 5.56 Å². The lowest BCUT2D eigenvalue weighted by atomic mass is 10.0. The lowest BCUT2D eigenvalue weighted by Gasteiger charge is -2.22. The maximum atomic E-state index is 12.1. The third kappa shape index (κ3) is 7.43. The number of ether oxygens (including phenoxy) is 3. The number of carbonyl (C=O) groups excluding carboxylic acids is 1. The van der Waals surface area contributed by atoms with Gasteiger partial charge < -0.3 is 24.6 Å². The average Bonchev–Trinajstić information content (AvgIpc) is 2.82. The first-order valence-corrected chi connectivity index (χ1v) is 11.0. The number of carboxylic acids is 1. The molecule has 2 aromatic carbocycles. The highest BCUT2D eigenvalue weighted by molar-refractivity contribution is 5.80. The van der Waals surface area contributed by atoms with E-state index in [-0.39, 0.29) is 13.0 Å². The Bertz CT molecular complexity index is 1180. The molecule has 0 saturated carbocycles. The van der Waals surface area contributed by atoms with Crippen LogP contribution in [0.5, 0.6) is 11.5 Å². The van der Waals surface area contributed by atoms with Gasteiger partial charge in [0.25, 0.3) is 0 Å². The molecule has 0 unspecified atom stereocenters. The standard InChI is InChI=1S/C26H29N3O6/c1-26(2,3)35-25(32)29-20(24(30)31)15-17-9-5-7-11-21(17)34-16-18-13-14-27-23(28-18)19-10-6-8-12-22(19)33-4/h5-14,20H,15-16H2,1-4H3,(H,29,32)(H,30,31)/t20-/m0/s1. The minimum Gasteiger partial charge on any atom is -0.496 e. The van der Waals surface area contributed by atoms with Crippen LogP contribution in [0.2, 0.25) is 0 Å². The number of hydrogen-bond donors (Lipinski definition) is 2. The number of alkyl carbamates (subject to hydrolysis) is 1. The molecule has 0 fully saturated rings. The lowest BCUT2D eigenvalue weighted by Crippen LogP contribution is -2.44. The lowest BCUT2D eigenvalue weighted by molar-refractivity contribution is -0.139. The van der Waals surface area contributed by atoms with E-state index in [0.29, 0.717) is 28.6 Å². The van der Waals surface area contributed by atoms with Crippen LogP contribution < -0.4 is 14.8 Å². The van der Waals surface area contributed by atoms with Crippen LogP contribution in [-0.4, -0.2) is 45.9 Å². The number of benzene rings is 2. The van der Waals surface area contributed by atoms with E-state index in [2.05, 4.69) is 15.3 Å². The molecule has 1 amide bonds. The summed E-state index contributed by atoms with van der Waals surface area (Å²) in [5.41, 5.74) is 1.27. The normalized spacial score (nSPS) is 11.9. The van der Waals surface area contributed by atoms with Gasteiger partial charge in [-0.05, 0) is 50.6 Å². The van der Waals surface area contributed by atoms with Crippen LogP contribution in [0.1, 0.15) is 32.0 Å². The van der Waals surface area contributed by atoms with Crippen molar-refractivity contribution < 1.29 is 28.9 Å². The molecule has 1 heterocycles. The topological polar surface area (TPSA) is 120 Å². The second kappa shape index (κ2) is 11.3. The van der Waals surface area contributed by atoms with E-state index < -0.39 is 23.7 Å². The molecule has 9 nitrogen and oxygen atoms in total. The second-order valence-corrected chi connectivity index (χ2v) is 8.71. The summed E-state index contributed by atoms with van der Waals surface area (Å²) in [6, 6.07) is 15.1. The summed E-state index contributed by atoms with van der Waals surface area (Å²) in [5.74, 6) is 0.475. The summed E-state index contributed by atoms with van der Waals surface area (Å²) >= 11 is 0. The third-order valence-corrected chi connectivity index (χ3v) is 4.82. The molecule has 35 heavy (non-hydrogen) atoms. The van der Waals surface area contributed by atoms with Crippen molar-refractivity contribution in [3.63, 3.8) is 0 Å². The highest BCUT2D eigenvalue weighted by Gasteiger charge is 2.25. The molecule has 3 rings (SSSR count). The molecule has 0 radical (unpaired) electrons. The zero-order valence-electron chi connectivity index (χ0n) is 20.1. The monoisotopic (exact) mass is 479 g/mol. The molecule has 9 heteroatoms. The van der Waals surface area contributed by atoms with Gasteiger partial charge in [0.1, 0.15) is 29.7 Å². The van der Waals surface area contributed by atoms with Crippen LogP contribution in [0.3, 0.4) is 0 Å². The Kier molecular flexibility index (Phi) is 8.25. The predicted molar refractivity (Wildman–Crippen MR) is 129 cm³/mol. The van der Waals surface area contributed by atoms with Crippen LogP contribution in [-0.2, 0) is 22.6 Å². The van der Waals surface area contributed by atoms with Gasteiger partial charge in [-0.2, -0.15) is 0 Å². The van der Waals surface area contributed by atoms with Crippen LogP contribution in [0.25, 0.3) is 11.4 Å². The summed E-state index contributed by atoms with van der Waals surface area (Å²) in [4.78, 5) is 32.8. The largest absolute Gasteiger partial charge is 0.496 e. The first-order valence-electron chi connectivity index (χ1n) is 11.0. The summed E-state index contributed by atoms with van der Waals surface area (Å²) < 4.78 is 16.6. The van der Waals surface area contributed by atoms with Crippen molar-refractivity contribution in [3.05, 3.63) is 72.1 Å². The minimum absolute atomic E-state index is 0.0149. The maximum Gasteiger partial charge on any atom is 0.408 e. The Morgan fingerprint density at radius 1 is 1.03 bits per heavy atom. The number of rotatable bonds is 9. The summed E-state index contributed by atoms with van der Waals surface area (Å²) in [5, 5.41) is 12.0. The molecular formula is C26H29N3O6. The fraction of sp³-hybridized carbons (Fsp3) is 0.308. The molecule has 0 aliphatic heterocycles. The number of carbonyl (C=O) groups is 2. The quantitative estimate of drug-likeness (QED) is 0.467. The average molecular weight is 480 g/mol. The number of aromatic nitrogens is 2. The minimum atomic E-state index is -1.19. The van der Waals surface area contributed by atoms with Crippen molar-refractivity contribution >= 4 is 12.1 Å². The van der Waals surface area contributed by atoms with Gasteiger partial charge in [-0.1, -0.05) is 30.3 Å². The molecule has 3 aromatic rings. The Morgan fingerprint density at radius 2 is 1.71 bits per heavy atom. The Labute approximate surface area is 204 Å². The summed E-state index contributed by atoms with van der Waals surface area (Å²) in [6.45, 7) is 5.26. The highest BCUT2D eigenvalue weighted by Crippen LogP contribution is 2.27. The first kappa shape index (κ1) is 25.5. The molecule has 0 spiro atoms. The number of aliphatic carboxylic acids is 1. The summed E-state index contributed by atoms with van der Waals surface area (Å²) in [7, 11) is 1.59. The fourth-order valence-electron chi connectivity index (χ4n) is 3.27. The van der Waals surface area contributed by atoms with E-state index in [1.165, 1.54) is 0 Å². The van der Waals surface area contributed by atoms with Crippen molar-refractivity contribution in [3.8, 4) is 22.9 Å². The van der Waals surface area contributed by atoms with Crippen molar-refractivity contribution in [2.75, 3.05) is 7.11 Å². The van der Waals surface area contributed by atoms with Crippen LogP contribution in [0.15, 0.2) is 60.8 Å². The number of nitrogens with zero attached hydrogens (tertiary/aromatic N) is 2. The molecule has 184 valence electrons. The van der Waals surface area contributed by atoms with E-state index in [1.807, 2.05) is 24.3 Å². The first-order chi connectivity index (χ1) is 16.7. The Hall–Kier alpha value is -4.14. The van der Waals surface area contributed by atoms with Gasteiger partial charge in [-0.3, -0.25) is 0 Å². The molecule has 2 N–H and O–H groups in total. The van der Waals surface area contributed by atoms with Gasteiger partial charge >= 0.3 is 12.1 Å². The number of carboxylic acid groups (broad SMARTS) is 1. The number of amides is 1. The predicted octanol–water partition coefficient (Wildman–Crippen LogP) is 4.25. The van der Waals surface area contributed by atoms with Crippen molar-refractivity contribution in [2.45, 2.75) is 45.4 Å². The molecule has 1 atom stereocenters. The molecule has 1 aromatic heterocycles. The van der Waals surface area contributed by atoms with Crippen LogP contribution in [0, 0.1) is 0 Å². The van der Waals surface area contributed by atoms with Gasteiger partial charge in [0.05, 0.1) is 18.4 Å². The van der Waals surface area contributed by atoms with Crippen LogP contribution >= 0.6 is 0 Å². The van der Waals surface area contributed by atoms with E-state index in [4.69, 9.17) is 14.2 Å². The number of methoxy groups -OCH3 is 1. The Balaban J connectivity index is 1.73. The SMILES string of the molecule is COc1ccccc1-c1nccc(COc2ccccc2C[C@H](NC(=O)OC(C)(C)C)C(=O)O)n1. The number of para-hydroxylation sites is 2. The van der Waals surface area contributed by atoms with Gasteiger partial charge in [-0.25, -0.2) is 19.6 Å². The summed E-state index contributed by atoms with van der Waals surface area (Å²) in [6.07, 6.45) is 0.860. The van der Waals surface area contributed by atoms with E-state index in [9.17, 15) is 14.7 Å². The van der Waals surface area contributed by atoms with Gasteiger partial charge in [0, 0.05) is 12.6 Å². The Morgan fingerprint density at radius 3 is 2.40 bits per heavy atom. The zero-order chi connectivity index (χ0) is 25.4. The zero-order valence-corrected chi connectivity index (χ0v) is 20.1. The molecular weight excluding hydrogens is 450 g/mol. The van der Waals surface area contributed by atoms with Crippen LogP contribution in [0.4, 0.5) is 4.79 Å². The number of nitrogens with one attached hydrogen (secondary N) is 1. The smallest absolute Gasteiger partial charge is 0.408 e.